The van der Waals surface area contributed by atoms with Crippen molar-refractivity contribution in [3.8, 4) is 0 Å². The Labute approximate surface area is 232 Å². The topological polar surface area (TPSA) is 113 Å². The lowest BCUT2D eigenvalue weighted by molar-refractivity contribution is -0.173. The maximum atomic E-state index is 14.1. The van der Waals surface area contributed by atoms with E-state index in [2.05, 4.69) is 36.8 Å². The number of amides is 1. The van der Waals surface area contributed by atoms with E-state index < -0.39 is 28.9 Å². The molecule has 0 bridgehead atoms. The molecule has 1 N–H and O–H groups in total. The van der Waals surface area contributed by atoms with Gasteiger partial charge in [-0.3, -0.25) is 18.9 Å². The van der Waals surface area contributed by atoms with Crippen molar-refractivity contribution in [2.24, 2.45) is 9.98 Å². The molecular formula is C27H30F3N7O2S. The zero-order valence-electron chi connectivity index (χ0n) is 22.8. The number of hydrogen-bond donors (Lipinski definition) is 1. The smallest absolute Gasteiger partial charge is 0.333 e. The Hall–Kier alpha value is -3.74. The molecule has 40 heavy (non-hydrogen) atoms. The van der Waals surface area contributed by atoms with E-state index in [0.717, 1.165) is 25.5 Å². The molecule has 2 aliphatic rings. The molecule has 1 saturated carbocycles. The SMILES string of the molecule is C=C(N=C1C(=C(C)C)NC(=NCc2ccc(S(C)=O)nc2)C(=O)N1[C@@H](C)C(F)(F)F)c1c(C)ncnc1C1CC1. The summed E-state index contributed by atoms with van der Waals surface area (Å²) in [5.74, 6) is -1.24. The van der Waals surface area contributed by atoms with E-state index in [1.54, 1.807) is 32.9 Å². The highest BCUT2D eigenvalue weighted by Gasteiger charge is 2.48. The van der Waals surface area contributed by atoms with Crippen molar-refractivity contribution >= 4 is 34.1 Å². The van der Waals surface area contributed by atoms with Crippen molar-refractivity contribution in [2.45, 2.75) is 70.2 Å². The molecule has 1 unspecified atom stereocenters. The van der Waals surface area contributed by atoms with Gasteiger partial charge in [-0.05, 0) is 57.7 Å². The van der Waals surface area contributed by atoms with Crippen LogP contribution in [-0.2, 0) is 22.1 Å². The highest BCUT2D eigenvalue weighted by molar-refractivity contribution is 7.84. The van der Waals surface area contributed by atoms with Gasteiger partial charge in [-0.2, -0.15) is 13.2 Å². The van der Waals surface area contributed by atoms with Crippen LogP contribution in [0.2, 0.25) is 0 Å². The Kier molecular flexibility index (Phi) is 8.33. The molecule has 0 radical (unpaired) electrons. The van der Waals surface area contributed by atoms with Crippen molar-refractivity contribution in [2.75, 3.05) is 6.26 Å². The summed E-state index contributed by atoms with van der Waals surface area (Å²) in [6.45, 7) is 10.1. The number of carbonyl (C=O) groups excluding carboxylic acids is 1. The summed E-state index contributed by atoms with van der Waals surface area (Å²) in [7, 11) is -1.27. The van der Waals surface area contributed by atoms with Gasteiger partial charge in [0.1, 0.15) is 17.4 Å². The number of aliphatic imine (C=N–C) groups is 2. The Morgan fingerprint density at radius 3 is 2.50 bits per heavy atom. The Bertz CT molecular complexity index is 1460. The molecule has 1 aliphatic carbocycles. The lowest BCUT2D eigenvalue weighted by Gasteiger charge is -2.37. The number of pyridine rings is 1. The van der Waals surface area contributed by atoms with E-state index in [-0.39, 0.29) is 35.5 Å². The van der Waals surface area contributed by atoms with E-state index in [0.29, 0.717) is 32.3 Å². The molecule has 1 amide bonds. The molecule has 1 saturated heterocycles. The third-order valence-electron chi connectivity index (χ3n) is 6.55. The van der Waals surface area contributed by atoms with Gasteiger partial charge >= 0.3 is 6.18 Å². The van der Waals surface area contributed by atoms with Gasteiger partial charge in [0.25, 0.3) is 5.91 Å². The number of hydrogen-bond acceptors (Lipinski definition) is 7. The summed E-state index contributed by atoms with van der Waals surface area (Å²) >= 11 is 0. The molecule has 0 aromatic carbocycles. The van der Waals surface area contributed by atoms with Crippen LogP contribution in [0.4, 0.5) is 13.2 Å². The third kappa shape index (κ3) is 6.19. The van der Waals surface area contributed by atoms with Crippen LogP contribution in [0.3, 0.4) is 0 Å². The molecule has 212 valence electrons. The molecule has 1 aliphatic heterocycles. The van der Waals surface area contributed by atoms with Gasteiger partial charge in [-0.15, -0.1) is 0 Å². The number of amidine groups is 2. The predicted molar refractivity (Wildman–Crippen MR) is 147 cm³/mol. The number of aryl methyl sites for hydroxylation is 1. The Balaban J connectivity index is 1.77. The molecular weight excluding hydrogens is 543 g/mol. The van der Waals surface area contributed by atoms with E-state index >= 15 is 0 Å². The molecule has 0 spiro atoms. The standard InChI is InChI=1S/C27H30F3N7O2S/c1-14(2)22-25(35-16(4)21-15(3)33-13-34-23(21)19-8-9-19)37(17(5)27(28,29)30)26(38)24(36-22)32-12-18-7-10-20(31-11-18)40(6)39/h7,10-11,13,17,19H,4,8-9,12H2,1-3,5-6H3,(H,32,36)/t17-,40?/m0/s1. The van der Waals surface area contributed by atoms with Gasteiger partial charge in [-0.25, -0.2) is 19.9 Å². The first-order valence-electron chi connectivity index (χ1n) is 12.6. The van der Waals surface area contributed by atoms with Crippen LogP contribution in [0, 0.1) is 6.92 Å². The average molecular weight is 574 g/mol. The highest BCUT2D eigenvalue weighted by Crippen LogP contribution is 2.42. The molecule has 2 aromatic rings. The lowest BCUT2D eigenvalue weighted by Crippen LogP contribution is -2.60. The van der Waals surface area contributed by atoms with Crippen molar-refractivity contribution in [3.63, 3.8) is 0 Å². The van der Waals surface area contributed by atoms with E-state index in [1.165, 1.54) is 18.8 Å². The van der Waals surface area contributed by atoms with Gasteiger partial charge in [0.15, 0.2) is 11.7 Å². The maximum absolute atomic E-state index is 14.1. The first kappa shape index (κ1) is 29.2. The summed E-state index contributed by atoms with van der Waals surface area (Å²) in [4.78, 5) is 35.7. The first-order valence-corrected chi connectivity index (χ1v) is 14.1. The summed E-state index contributed by atoms with van der Waals surface area (Å²) in [6, 6.07) is 1.02. The van der Waals surface area contributed by atoms with Gasteiger partial charge in [-0.1, -0.05) is 12.6 Å². The summed E-state index contributed by atoms with van der Waals surface area (Å²) in [5.41, 5.74) is 3.48. The second kappa shape index (κ2) is 11.4. The van der Waals surface area contributed by atoms with E-state index in [4.69, 9.17) is 0 Å². The molecule has 13 heteroatoms. The summed E-state index contributed by atoms with van der Waals surface area (Å²) in [5, 5.41) is 3.29. The average Bonchev–Trinajstić information content (AvgIpc) is 3.73. The second-order valence-electron chi connectivity index (χ2n) is 9.89. The lowest BCUT2D eigenvalue weighted by atomic mass is 10.1. The van der Waals surface area contributed by atoms with Crippen LogP contribution in [-0.4, -0.2) is 60.1 Å². The molecule has 3 heterocycles. The molecule has 9 nitrogen and oxygen atoms in total. The number of rotatable bonds is 7. The zero-order valence-corrected chi connectivity index (χ0v) is 23.7. The minimum atomic E-state index is -4.74. The minimum Gasteiger partial charge on any atom is -0.333 e. The van der Waals surface area contributed by atoms with E-state index in [1.807, 2.05) is 0 Å². The van der Waals surface area contributed by atoms with Crippen LogP contribution in [0.15, 0.2) is 57.5 Å². The van der Waals surface area contributed by atoms with Crippen molar-refractivity contribution in [1.82, 2.24) is 25.2 Å². The third-order valence-corrected chi connectivity index (χ3v) is 7.38. The van der Waals surface area contributed by atoms with Crippen molar-refractivity contribution < 1.29 is 22.2 Å². The van der Waals surface area contributed by atoms with Gasteiger partial charge < -0.3 is 5.32 Å². The number of aromatic nitrogens is 3. The van der Waals surface area contributed by atoms with Crippen LogP contribution >= 0.6 is 0 Å². The van der Waals surface area contributed by atoms with Gasteiger partial charge in [0, 0.05) is 23.9 Å². The number of halogens is 3. The Morgan fingerprint density at radius 2 is 1.95 bits per heavy atom. The molecule has 2 aromatic heterocycles. The molecule has 4 rings (SSSR count). The maximum Gasteiger partial charge on any atom is 0.409 e. The number of allylic oxidation sites excluding steroid dienone is 1. The highest BCUT2D eigenvalue weighted by atomic mass is 32.2. The number of carbonyl (C=O) groups is 1. The van der Waals surface area contributed by atoms with Crippen LogP contribution < -0.4 is 5.32 Å². The van der Waals surface area contributed by atoms with E-state index in [9.17, 15) is 22.2 Å². The Morgan fingerprint density at radius 1 is 1.25 bits per heavy atom. The van der Waals surface area contributed by atoms with Crippen LogP contribution in [0.1, 0.15) is 62.0 Å². The molecule has 2 atom stereocenters. The summed E-state index contributed by atoms with van der Waals surface area (Å²) < 4.78 is 53.9. The van der Waals surface area contributed by atoms with Crippen molar-refractivity contribution in [1.29, 1.82) is 0 Å². The monoisotopic (exact) mass is 573 g/mol. The number of piperazine rings is 1. The second-order valence-corrected chi connectivity index (χ2v) is 11.2. The first-order chi connectivity index (χ1) is 18.8. The predicted octanol–water partition coefficient (Wildman–Crippen LogP) is 4.44. The normalized spacial score (nSPS) is 19.6. The van der Waals surface area contributed by atoms with Crippen LogP contribution in [0.5, 0.6) is 0 Å². The number of alkyl halides is 3. The largest absolute Gasteiger partial charge is 0.409 e. The van der Waals surface area contributed by atoms with Crippen molar-refractivity contribution in [3.05, 3.63) is 65.0 Å². The van der Waals surface area contributed by atoms with Gasteiger partial charge in [0.2, 0.25) is 0 Å². The van der Waals surface area contributed by atoms with Gasteiger partial charge in [0.05, 0.1) is 40.1 Å². The fourth-order valence-electron chi connectivity index (χ4n) is 4.17. The number of nitrogens with zero attached hydrogens (tertiary/aromatic N) is 6. The minimum absolute atomic E-state index is 0.0353. The van der Waals surface area contributed by atoms with Crippen LogP contribution in [0.25, 0.3) is 5.70 Å². The quantitative estimate of drug-likeness (QED) is 0.524. The summed E-state index contributed by atoms with van der Waals surface area (Å²) in [6.07, 6.45) is 1.55. The zero-order chi connectivity index (χ0) is 29.4. The fourth-order valence-corrected chi connectivity index (χ4v) is 4.63. The molecule has 2 fully saturated rings. The number of nitrogens with one attached hydrogen (secondary N) is 1. The fraction of sp³-hybridized carbons (Fsp3) is 0.407.